The fraction of sp³-hybridized carbons (Fsp3) is 1.00. The predicted molar refractivity (Wildman–Crippen MR) is 38.0 cm³/mol. The van der Waals surface area contributed by atoms with E-state index in [0.717, 1.165) is 0 Å². The van der Waals surface area contributed by atoms with Gasteiger partial charge in [0.15, 0.2) is 0 Å². The van der Waals surface area contributed by atoms with Crippen molar-refractivity contribution in [2.45, 2.75) is 0 Å². The van der Waals surface area contributed by atoms with Crippen LogP contribution < -0.4 is 5.73 Å². The lowest BCUT2D eigenvalue weighted by Crippen LogP contribution is -2.07. The van der Waals surface area contributed by atoms with Crippen molar-refractivity contribution in [3.8, 4) is 0 Å². The van der Waals surface area contributed by atoms with Crippen molar-refractivity contribution in [1.82, 2.24) is 0 Å². The van der Waals surface area contributed by atoms with Gasteiger partial charge in [-0.3, -0.25) is 4.52 Å². The van der Waals surface area contributed by atoms with E-state index in [2.05, 4.69) is 8.83 Å². The number of nitrogens with two attached hydrogens (primary N) is 1. The third-order valence-corrected chi connectivity index (χ3v) is 2.77. The summed E-state index contributed by atoms with van der Waals surface area (Å²) < 4.78 is 28.0. The second-order valence-electron chi connectivity index (χ2n) is 1.66. The van der Waals surface area contributed by atoms with E-state index in [-0.39, 0.29) is 13.2 Å². The lowest BCUT2D eigenvalue weighted by atomic mass is 10.8. The van der Waals surface area contributed by atoms with E-state index in [1.165, 1.54) is 0 Å². The van der Waals surface area contributed by atoms with Gasteiger partial charge in [-0.05, 0) is 0 Å². The van der Waals surface area contributed by atoms with E-state index in [1.807, 2.05) is 0 Å². The molecule has 5 N–H and O–H groups in total. The van der Waals surface area contributed by atoms with Gasteiger partial charge >= 0.3 is 15.6 Å². The monoisotopic (exact) mass is 221 g/mol. The molecule has 0 aromatic rings. The Morgan fingerprint density at radius 3 is 2.08 bits per heavy atom. The van der Waals surface area contributed by atoms with Gasteiger partial charge in [-0.15, -0.1) is 0 Å². The maximum atomic E-state index is 10.6. The lowest BCUT2D eigenvalue weighted by Gasteiger charge is -2.10. The summed E-state index contributed by atoms with van der Waals surface area (Å²) in [4.78, 5) is 24.7. The van der Waals surface area contributed by atoms with Crippen molar-refractivity contribution in [3.05, 3.63) is 0 Å². The molecule has 0 amide bonds. The molecule has 0 saturated heterocycles. The molecule has 1 atom stereocenters. The van der Waals surface area contributed by atoms with Crippen molar-refractivity contribution in [3.63, 3.8) is 0 Å². The minimum atomic E-state index is -5.01. The van der Waals surface area contributed by atoms with Crippen LogP contribution in [0.3, 0.4) is 0 Å². The Hall–Kier alpha value is 0.220. The smallest absolute Gasteiger partial charge is 0.328 e. The summed E-state index contributed by atoms with van der Waals surface area (Å²) in [5.41, 5.74) is 4.89. The minimum Gasteiger partial charge on any atom is -0.328 e. The quantitative estimate of drug-likeness (QED) is 0.441. The van der Waals surface area contributed by atoms with Crippen LogP contribution in [0.15, 0.2) is 0 Å². The first kappa shape index (κ1) is 12.2. The Kier molecular flexibility index (Phi) is 4.54. The fourth-order valence-electron chi connectivity index (χ4n) is 0.326. The number of phosphoric acid groups is 2. The molecular formula is C2H9NO7P2. The van der Waals surface area contributed by atoms with Crippen LogP contribution >= 0.6 is 15.6 Å². The molecule has 1 unspecified atom stereocenters. The number of phosphoric ester groups is 1. The van der Waals surface area contributed by atoms with Gasteiger partial charge < -0.3 is 20.4 Å². The van der Waals surface area contributed by atoms with Crippen molar-refractivity contribution in [2.75, 3.05) is 13.2 Å². The summed E-state index contributed by atoms with van der Waals surface area (Å²) in [6.45, 7) is -0.386. The minimum absolute atomic E-state index is 0.0604. The second-order valence-corrected chi connectivity index (χ2v) is 4.49. The molecular weight excluding hydrogens is 212 g/mol. The molecule has 0 radical (unpaired) electrons. The zero-order valence-electron chi connectivity index (χ0n) is 5.86. The molecule has 0 aliphatic heterocycles. The Morgan fingerprint density at radius 1 is 1.25 bits per heavy atom. The van der Waals surface area contributed by atoms with E-state index < -0.39 is 15.6 Å². The van der Waals surface area contributed by atoms with Gasteiger partial charge in [0.2, 0.25) is 0 Å². The Morgan fingerprint density at radius 2 is 1.75 bits per heavy atom. The van der Waals surface area contributed by atoms with Crippen LogP contribution in [0.5, 0.6) is 0 Å². The van der Waals surface area contributed by atoms with Gasteiger partial charge in [0.05, 0.1) is 6.61 Å². The first-order valence-electron chi connectivity index (χ1n) is 2.71. The highest BCUT2D eigenvalue weighted by molar-refractivity contribution is 7.60. The Labute approximate surface area is 68.2 Å². The molecule has 74 valence electrons. The number of hydrogen-bond acceptors (Lipinski definition) is 5. The third-order valence-electron chi connectivity index (χ3n) is 0.582. The zero-order chi connectivity index (χ0) is 9.83. The number of rotatable bonds is 5. The third kappa shape index (κ3) is 6.90. The maximum absolute atomic E-state index is 10.6. The highest BCUT2D eigenvalue weighted by Crippen LogP contribution is 2.57. The maximum Gasteiger partial charge on any atom is 0.481 e. The zero-order valence-corrected chi connectivity index (χ0v) is 7.65. The van der Waals surface area contributed by atoms with Gasteiger partial charge in [0, 0.05) is 6.54 Å². The van der Waals surface area contributed by atoms with Crippen molar-refractivity contribution in [1.29, 1.82) is 0 Å². The van der Waals surface area contributed by atoms with Crippen LogP contribution in [-0.2, 0) is 18.0 Å². The van der Waals surface area contributed by atoms with Crippen LogP contribution in [0.4, 0.5) is 0 Å². The van der Waals surface area contributed by atoms with Crippen LogP contribution in [0.1, 0.15) is 0 Å². The van der Waals surface area contributed by atoms with Gasteiger partial charge in [0.25, 0.3) is 0 Å². The van der Waals surface area contributed by atoms with E-state index in [1.54, 1.807) is 0 Å². The molecule has 0 fully saturated rings. The second kappa shape index (κ2) is 4.45. The molecule has 8 nitrogen and oxygen atoms in total. The molecule has 0 aliphatic rings. The SMILES string of the molecule is NCCOP(=O)(O)OP(=O)(O)O. The number of hydrogen-bond donors (Lipinski definition) is 4. The highest BCUT2D eigenvalue weighted by Gasteiger charge is 2.31. The highest BCUT2D eigenvalue weighted by atomic mass is 31.3. The van der Waals surface area contributed by atoms with Gasteiger partial charge in [-0.2, -0.15) is 4.31 Å². The molecule has 10 heteroatoms. The first-order chi connectivity index (χ1) is 5.27. The van der Waals surface area contributed by atoms with E-state index >= 15 is 0 Å². The summed E-state index contributed by atoms with van der Waals surface area (Å²) in [5.74, 6) is 0. The summed E-state index contributed by atoms with van der Waals surface area (Å²) in [5, 5.41) is 0. The normalized spacial score (nSPS) is 17.3. The molecule has 0 rings (SSSR count). The summed E-state index contributed by atoms with van der Waals surface area (Å²) in [6, 6.07) is 0. The van der Waals surface area contributed by atoms with Crippen LogP contribution in [0, 0.1) is 0 Å². The van der Waals surface area contributed by atoms with Crippen LogP contribution in [-0.4, -0.2) is 27.8 Å². The molecule has 12 heavy (non-hydrogen) atoms. The molecule has 0 spiro atoms. The average molecular weight is 221 g/mol. The lowest BCUT2D eigenvalue weighted by molar-refractivity contribution is 0.182. The van der Waals surface area contributed by atoms with Gasteiger partial charge in [-0.1, -0.05) is 0 Å². The van der Waals surface area contributed by atoms with Crippen molar-refractivity contribution in [2.24, 2.45) is 5.73 Å². The summed E-state index contributed by atoms with van der Waals surface area (Å²) in [7, 11) is -9.68. The molecule has 0 aromatic heterocycles. The molecule has 0 heterocycles. The largest absolute Gasteiger partial charge is 0.481 e. The standard InChI is InChI=1S/C2H9NO7P2/c3-1-2-9-12(7,8)10-11(4,5)6/h1-3H2,(H,7,8)(H2,4,5,6). The van der Waals surface area contributed by atoms with Gasteiger partial charge in [0.1, 0.15) is 0 Å². The van der Waals surface area contributed by atoms with Gasteiger partial charge in [-0.25, -0.2) is 9.13 Å². The molecule has 0 aliphatic carbocycles. The fourth-order valence-corrected chi connectivity index (χ4v) is 1.93. The van der Waals surface area contributed by atoms with E-state index in [0.29, 0.717) is 0 Å². The van der Waals surface area contributed by atoms with E-state index in [4.69, 9.17) is 20.4 Å². The van der Waals surface area contributed by atoms with Crippen LogP contribution in [0.2, 0.25) is 0 Å². The summed E-state index contributed by atoms with van der Waals surface area (Å²) >= 11 is 0. The predicted octanol–water partition coefficient (Wildman–Crippen LogP) is -0.829. The van der Waals surface area contributed by atoms with Crippen molar-refractivity contribution >= 4 is 15.6 Å². The Balaban J connectivity index is 4.05. The molecule has 0 aromatic carbocycles. The first-order valence-corrected chi connectivity index (χ1v) is 5.74. The summed E-state index contributed by atoms with van der Waals surface area (Å²) in [6.07, 6.45) is 0. The molecule has 0 saturated carbocycles. The van der Waals surface area contributed by atoms with Crippen LogP contribution in [0.25, 0.3) is 0 Å². The van der Waals surface area contributed by atoms with E-state index in [9.17, 15) is 9.13 Å². The molecule has 0 bridgehead atoms. The van der Waals surface area contributed by atoms with Crippen molar-refractivity contribution < 1.29 is 32.6 Å². The Bertz CT molecular complexity index is 221. The average Bonchev–Trinajstić information content (AvgIpc) is 1.78. The topological polar surface area (TPSA) is 139 Å².